The first kappa shape index (κ1) is 16.5. The van der Waals surface area contributed by atoms with Crippen LogP contribution in [0.2, 0.25) is 5.02 Å². The summed E-state index contributed by atoms with van der Waals surface area (Å²) >= 11 is 6.02. The second-order valence-corrected chi connectivity index (χ2v) is 6.09. The lowest BCUT2D eigenvalue weighted by molar-refractivity contribution is -0.132. The lowest BCUT2D eigenvalue weighted by Gasteiger charge is -2.25. The molecule has 2 aromatic rings. The summed E-state index contributed by atoms with van der Waals surface area (Å²) in [6, 6.07) is 12.6. The third-order valence-electron chi connectivity index (χ3n) is 4.32. The molecule has 4 nitrogen and oxygen atoms in total. The number of urea groups is 1. The summed E-state index contributed by atoms with van der Waals surface area (Å²) in [5, 5.41) is 2.99. The number of nitrogens with zero attached hydrogens (tertiary/aromatic N) is 1. The van der Waals surface area contributed by atoms with Crippen LogP contribution in [0.15, 0.2) is 48.5 Å². The molecule has 6 heteroatoms. The van der Waals surface area contributed by atoms with Crippen LogP contribution in [0, 0.1) is 5.82 Å². The Morgan fingerprint density at radius 1 is 1.17 bits per heavy atom. The molecule has 1 atom stereocenters. The van der Waals surface area contributed by atoms with Crippen LogP contribution >= 0.6 is 11.6 Å². The van der Waals surface area contributed by atoms with Crippen molar-refractivity contribution in [3.63, 3.8) is 0 Å². The van der Waals surface area contributed by atoms with Crippen molar-refractivity contribution in [1.82, 2.24) is 10.2 Å². The Morgan fingerprint density at radius 3 is 2.50 bits per heavy atom. The van der Waals surface area contributed by atoms with Gasteiger partial charge in [-0.3, -0.25) is 9.69 Å². The summed E-state index contributed by atoms with van der Waals surface area (Å²) < 4.78 is 13.2. The maximum Gasteiger partial charge on any atom is 0.325 e. The molecule has 1 N–H and O–H groups in total. The van der Waals surface area contributed by atoms with Gasteiger partial charge < -0.3 is 5.32 Å². The topological polar surface area (TPSA) is 49.4 Å². The fourth-order valence-corrected chi connectivity index (χ4v) is 3.18. The van der Waals surface area contributed by atoms with E-state index in [1.165, 1.54) is 18.2 Å². The number of carbonyl (C=O) groups excluding carboxylic acids is 2. The minimum absolute atomic E-state index is 0.00162. The molecule has 0 saturated carbocycles. The first-order chi connectivity index (χ1) is 11.5. The Labute approximate surface area is 144 Å². The molecular weight excluding hydrogens is 331 g/mol. The van der Waals surface area contributed by atoms with E-state index in [2.05, 4.69) is 5.32 Å². The Morgan fingerprint density at radius 2 is 1.88 bits per heavy atom. The smallest absolute Gasteiger partial charge is 0.319 e. The fourth-order valence-electron chi connectivity index (χ4n) is 2.95. The summed E-state index contributed by atoms with van der Waals surface area (Å²) in [5.41, 5.74) is 0.172. The predicted octanol–water partition coefficient (Wildman–Crippen LogP) is 3.84. The van der Waals surface area contributed by atoms with Crippen molar-refractivity contribution in [2.75, 3.05) is 0 Å². The van der Waals surface area contributed by atoms with Gasteiger partial charge in [-0.2, -0.15) is 0 Å². The second kappa shape index (κ2) is 6.24. The van der Waals surface area contributed by atoms with E-state index in [-0.39, 0.29) is 17.5 Å². The Bertz CT molecular complexity index is 797. The fraction of sp³-hybridized carbons (Fsp3) is 0.222. The number of nitrogens with one attached hydrogen (secondary N) is 1. The maximum absolute atomic E-state index is 13.2. The van der Waals surface area contributed by atoms with Crippen molar-refractivity contribution in [2.24, 2.45) is 0 Å². The molecular formula is C18H16ClFN2O2. The minimum Gasteiger partial charge on any atom is -0.319 e. The summed E-state index contributed by atoms with van der Waals surface area (Å²) in [7, 11) is 0. The van der Waals surface area contributed by atoms with E-state index in [0.717, 1.165) is 10.5 Å². The lowest BCUT2D eigenvalue weighted by Crippen LogP contribution is -2.43. The zero-order valence-electron chi connectivity index (χ0n) is 13.1. The van der Waals surface area contributed by atoms with Gasteiger partial charge in [0.25, 0.3) is 5.91 Å². The van der Waals surface area contributed by atoms with Gasteiger partial charge in [0, 0.05) is 5.02 Å². The zero-order chi connectivity index (χ0) is 17.3. The monoisotopic (exact) mass is 346 g/mol. The van der Waals surface area contributed by atoms with Crippen molar-refractivity contribution in [2.45, 2.75) is 25.4 Å². The van der Waals surface area contributed by atoms with Gasteiger partial charge in [-0.15, -0.1) is 0 Å². The highest BCUT2D eigenvalue weighted by atomic mass is 35.5. The molecule has 0 radical (unpaired) electrons. The van der Waals surface area contributed by atoms with Crippen LogP contribution in [0.1, 0.15) is 24.5 Å². The first-order valence-electron chi connectivity index (χ1n) is 7.61. The highest BCUT2D eigenvalue weighted by Crippen LogP contribution is 2.33. The number of hydrogen-bond donors (Lipinski definition) is 1. The number of carbonyl (C=O) groups is 2. The number of benzene rings is 2. The van der Waals surface area contributed by atoms with E-state index >= 15 is 0 Å². The van der Waals surface area contributed by atoms with E-state index in [0.29, 0.717) is 12.0 Å². The molecule has 0 aliphatic carbocycles. The summed E-state index contributed by atoms with van der Waals surface area (Å²) in [5.74, 6) is -0.797. The van der Waals surface area contributed by atoms with E-state index in [1.807, 2.05) is 37.3 Å². The third kappa shape index (κ3) is 2.65. The quantitative estimate of drug-likeness (QED) is 0.855. The molecule has 0 spiro atoms. The predicted molar refractivity (Wildman–Crippen MR) is 88.9 cm³/mol. The Balaban J connectivity index is 1.94. The molecule has 0 unspecified atom stereocenters. The molecule has 1 aliphatic rings. The molecule has 0 aromatic heterocycles. The summed E-state index contributed by atoms with van der Waals surface area (Å²) in [4.78, 5) is 26.5. The largest absolute Gasteiger partial charge is 0.325 e. The van der Waals surface area contributed by atoms with Crippen LogP contribution < -0.4 is 5.32 Å². The van der Waals surface area contributed by atoms with Crippen molar-refractivity contribution in [3.05, 3.63) is 70.5 Å². The van der Waals surface area contributed by atoms with Crippen LogP contribution in [0.25, 0.3) is 0 Å². The minimum atomic E-state index is -1.08. The summed E-state index contributed by atoms with van der Waals surface area (Å²) in [6.45, 7) is 1.85. The molecule has 3 amide bonds. The van der Waals surface area contributed by atoms with Gasteiger partial charge in [-0.25, -0.2) is 9.18 Å². The number of rotatable bonds is 4. The highest BCUT2D eigenvalue weighted by Gasteiger charge is 2.51. The molecule has 3 rings (SSSR count). The number of halogens is 2. The Kier molecular flexibility index (Phi) is 4.28. The SMILES string of the molecule is CC[C@]1(c2ccccc2)NC(=O)N(Cc2ccc(F)cc2Cl)C1=O. The molecule has 24 heavy (non-hydrogen) atoms. The van der Waals surface area contributed by atoms with Crippen LogP contribution in [0.3, 0.4) is 0 Å². The maximum atomic E-state index is 13.2. The van der Waals surface area contributed by atoms with Crippen LogP contribution in [0.5, 0.6) is 0 Å². The normalized spacial score (nSPS) is 20.4. The van der Waals surface area contributed by atoms with Crippen LogP contribution in [-0.4, -0.2) is 16.8 Å². The molecule has 1 heterocycles. The standard InChI is InChI=1S/C18H16ClFN2O2/c1-2-18(13-6-4-3-5-7-13)16(23)22(17(24)21-18)11-12-8-9-14(20)10-15(12)19/h3-10H,2,11H2,1H3,(H,21,24)/t18-/m1/s1. The van der Waals surface area contributed by atoms with Gasteiger partial charge in [0.2, 0.25) is 0 Å². The van der Waals surface area contributed by atoms with Gasteiger partial charge >= 0.3 is 6.03 Å². The average molecular weight is 347 g/mol. The number of imide groups is 1. The van der Waals surface area contributed by atoms with Crippen molar-refractivity contribution in [1.29, 1.82) is 0 Å². The second-order valence-electron chi connectivity index (χ2n) is 5.68. The molecule has 2 aromatic carbocycles. The van der Waals surface area contributed by atoms with Gasteiger partial charge in [0.15, 0.2) is 0 Å². The van der Waals surface area contributed by atoms with Crippen molar-refractivity contribution >= 4 is 23.5 Å². The van der Waals surface area contributed by atoms with Gasteiger partial charge in [-0.05, 0) is 29.7 Å². The third-order valence-corrected chi connectivity index (χ3v) is 4.67. The van der Waals surface area contributed by atoms with E-state index in [1.54, 1.807) is 0 Å². The molecule has 1 saturated heterocycles. The Hall–Kier alpha value is -2.40. The van der Waals surface area contributed by atoms with E-state index < -0.39 is 17.4 Å². The van der Waals surface area contributed by atoms with Gasteiger partial charge in [0.1, 0.15) is 11.4 Å². The molecule has 124 valence electrons. The van der Waals surface area contributed by atoms with Crippen molar-refractivity contribution < 1.29 is 14.0 Å². The highest BCUT2D eigenvalue weighted by molar-refractivity contribution is 6.31. The molecule has 1 fully saturated rings. The van der Waals surface area contributed by atoms with E-state index in [9.17, 15) is 14.0 Å². The molecule has 1 aliphatic heterocycles. The number of amides is 3. The lowest BCUT2D eigenvalue weighted by atomic mass is 9.87. The summed E-state index contributed by atoms with van der Waals surface area (Å²) in [6.07, 6.45) is 0.426. The van der Waals surface area contributed by atoms with Crippen molar-refractivity contribution in [3.8, 4) is 0 Å². The number of hydrogen-bond acceptors (Lipinski definition) is 2. The van der Waals surface area contributed by atoms with E-state index in [4.69, 9.17) is 11.6 Å². The zero-order valence-corrected chi connectivity index (χ0v) is 13.8. The van der Waals surface area contributed by atoms with Gasteiger partial charge in [-0.1, -0.05) is 54.9 Å². The average Bonchev–Trinajstić information content (AvgIpc) is 2.83. The van der Waals surface area contributed by atoms with Crippen LogP contribution in [-0.2, 0) is 16.9 Å². The first-order valence-corrected chi connectivity index (χ1v) is 7.99. The molecule has 0 bridgehead atoms. The van der Waals surface area contributed by atoms with Crippen LogP contribution in [0.4, 0.5) is 9.18 Å². The van der Waals surface area contributed by atoms with Gasteiger partial charge in [0.05, 0.1) is 6.54 Å².